The van der Waals surface area contributed by atoms with Crippen LogP contribution in [-0.2, 0) is 16.0 Å². The molecule has 3 heterocycles. The molecule has 2 unspecified atom stereocenters. The summed E-state index contributed by atoms with van der Waals surface area (Å²) in [5.74, 6) is -0.961. The van der Waals surface area contributed by atoms with Crippen molar-refractivity contribution < 1.29 is 14.4 Å². The van der Waals surface area contributed by atoms with Crippen molar-refractivity contribution in [3.8, 4) is 0 Å². The summed E-state index contributed by atoms with van der Waals surface area (Å²) in [6.07, 6.45) is 0.265. The van der Waals surface area contributed by atoms with Gasteiger partial charge in [0.25, 0.3) is 0 Å². The number of para-hydroxylation sites is 1. The molecule has 2 atom stereocenters. The molecule has 3 aliphatic rings. The maximum absolute atomic E-state index is 13.5. The number of halogens is 1. The van der Waals surface area contributed by atoms with Gasteiger partial charge in [-0.1, -0.05) is 29.8 Å². The van der Waals surface area contributed by atoms with E-state index in [1.54, 1.807) is 0 Å². The second-order valence-corrected chi connectivity index (χ2v) is 8.47. The van der Waals surface area contributed by atoms with Crippen molar-refractivity contribution in [3.05, 3.63) is 59.1 Å². The number of anilines is 2. The molecule has 4 amide bonds. The molecule has 0 aromatic heterocycles. The van der Waals surface area contributed by atoms with E-state index in [0.717, 1.165) is 28.4 Å². The summed E-state index contributed by atoms with van der Waals surface area (Å²) >= 11 is 6.04. The lowest BCUT2D eigenvalue weighted by atomic mass is 9.67. The SMILES string of the molecule is CN1C(=O)NC(=O)C2(Cc3ccccc3N3CCN(c4ccc(Cl)cc4)CC32)C1=O. The Kier molecular flexibility index (Phi) is 4.25. The van der Waals surface area contributed by atoms with Crippen LogP contribution in [-0.4, -0.2) is 55.5 Å². The van der Waals surface area contributed by atoms with Crippen molar-refractivity contribution in [1.29, 1.82) is 0 Å². The van der Waals surface area contributed by atoms with Gasteiger partial charge >= 0.3 is 6.03 Å². The van der Waals surface area contributed by atoms with Crippen molar-refractivity contribution in [2.75, 3.05) is 36.5 Å². The number of rotatable bonds is 1. The van der Waals surface area contributed by atoms with Crippen LogP contribution in [0.1, 0.15) is 5.56 Å². The molecule has 3 aliphatic heterocycles. The predicted octanol–water partition coefficient (Wildman–Crippen LogP) is 2.29. The lowest BCUT2D eigenvalue weighted by Crippen LogP contribution is -2.74. The minimum absolute atomic E-state index is 0.265. The Hall–Kier alpha value is -3.06. The fourth-order valence-corrected chi connectivity index (χ4v) is 5.10. The third-order valence-corrected chi connectivity index (χ3v) is 6.78. The van der Waals surface area contributed by atoms with Crippen molar-refractivity contribution >= 4 is 40.8 Å². The van der Waals surface area contributed by atoms with Gasteiger partial charge < -0.3 is 9.80 Å². The minimum Gasteiger partial charge on any atom is -0.368 e. The lowest BCUT2D eigenvalue weighted by Gasteiger charge is -2.55. The van der Waals surface area contributed by atoms with Gasteiger partial charge in [0.05, 0.1) is 6.04 Å². The molecule has 0 radical (unpaired) electrons. The zero-order valence-electron chi connectivity index (χ0n) is 16.5. The Balaban J connectivity index is 1.61. The van der Waals surface area contributed by atoms with Gasteiger partial charge in [0.2, 0.25) is 11.8 Å². The van der Waals surface area contributed by atoms with E-state index in [9.17, 15) is 14.4 Å². The molecule has 30 heavy (non-hydrogen) atoms. The standard InChI is InChI=1S/C22H21ClN4O3/c1-25-20(29)22(19(28)24-21(25)30)12-14-4-2-3-5-17(14)27-11-10-26(13-18(22)27)16-8-6-15(23)7-9-16/h2-9,18H,10-13H2,1H3,(H,24,28,30). The summed E-state index contributed by atoms with van der Waals surface area (Å²) in [4.78, 5) is 44.2. The van der Waals surface area contributed by atoms with Gasteiger partial charge in [-0.05, 0) is 42.3 Å². The van der Waals surface area contributed by atoms with Crippen LogP contribution in [0.2, 0.25) is 5.02 Å². The normalized spacial score (nSPS) is 25.9. The Morgan fingerprint density at radius 3 is 2.53 bits per heavy atom. The van der Waals surface area contributed by atoms with Crippen LogP contribution in [0.25, 0.3) is 0 Å². The molecular weight excluding hydrogens is 404 g/mol. The lowest BCUT2D eigenvalue weighted by molar-refractivity contribution is -0.152. The molecule has 7 nitrogen and oxygen atoms in total. The number of benzene rings is 2. The highest BCUT2D eigenvalue weighted by atomic mass is 35.5. The smallest absolute Gasteiger partial charge is 0.330 e. The summed E-state index contributed by atoms with van der Waals surface area (Å²) < 4.78 is 0. The van der Waals surface area contributed by atoms with Crippen LogP contribution >= 0.6 is 11.6 Å². The van der Waals surface area contributed by atoms with Crippen molar-refractivity contribution in [3.63, 3.8) is 0 Å². The van der Waals surface area contributed by atoms with Gasteiger partial charge in [-0.25, -0.2) is 4.79 Å². The number of hydrogen-bond acceptors (Lipinski definition) is 5. The van der Waals surface area contributed by atoms with Crippen LogP contribution < -0.4 is 15.1 Å². The number of carbonyl (C=O) groups is 3. The topological polar surface area (TPSA) is 73.0 Å². The zero-order chi connectivity index (χ0) is 21.0. The molecular formula is C22H21ClN4O3. The zero-order valence-corrected chi connectivity index (χ0v) is 17.2. The summed E-state index contributed by atoms with van der Waals surface area (Å²) in [6, 6.07) is 14.4. The molecule has 2 aromatic carbocycles. The molecule has 154 valence electrons. The quantitative estimate of drug-likeness (QED) is 0.711. The number of nitrogens with one attached hydrogen (secondary N) is 1. The largest absolute Gasteiger partial charge is 0.368 e. The van der Waals surface area contributed by atoms with Crippen molar-refractivity contribution in [1.82, 2.24) is 10.2 Å². The van der Waals surface area contributed by atoms with Gasteiger partial charge in [0.15, 0.2) is 5.41 Å². The Labute approximate surface area is 179 Å². The highest BCUT2D eigenvalue weighted by Gasteiger charge is 2.62. The van der Waals surface area contributed by atoms with Gasteiger partial charge in [-0.3, -0.25) is 19.8 Å². The van der Waals surface area contributed by atoms with Crippen LogP contribution in [0.3, 0.4) is 0 Å². The van der Waals surface area contributed by atoms with Crippen molar-refractivity contribution in [2.45, 2.75) is 12.5 Å². The van der Waals surface area contributed by atoms with Gasteiger partial charge in [-0.15, -0.1) is 0 Å². The number of urea groups is 1. The van der Waals surface area contributed by atoms with E-state index in [-0.39, 0.29) is 6.42 Å². The number of hydrogen-bond donors (Lipinski definition) is 1. The highest BCUT2D eigenvalue weighted by molar-refractivity contribution is 6.30. The summed E-state index contributed by atoms with van der Waals surface area (Å²) in [7, 11) is 1.43. The van der Waals surface area contributed by atoms with E-state index >= 15 is 0 Å². The van der Waals surface area contributed by atoms with E-state index < -0.39 is 29.3 Å². The Morgan fingerprint density at radius 2 is 1.77 bits per heavy atom. The van der Waals surface area contributed by atoms with Gasteiger partial charge in [0, 0.05) is 43.1 Å². The predicted molar refractivity (Wildman–Crippen MR) is 114 cm³/mol. The minimum atomic E-state index is -1.36. The molecule has 8 heteroatoms. The molecule has 1 spiro atoms. The number of nitrogens with zero attached hydrogens (tertiary/aromatic N) is 3. The molecule has 2 saturated heterocycles. The average molecular weight is 425 g/mol. The fraction of sp³-hybridized carbons (Fsp3) is 0.318. The molecule has 1 N–H and O–H groups in total. The first-order valence-electron chi connectivity index (χ1n) is 9.90. The third-order valence-electron chi connectivity index (χ3n) is 6.53. The van der Waals surface area contributed by atoms with Crippen LogP contribution in [0.4, 0.5) is 16.2 Å². The molecule has 0 saturated carbocycles. The van der Waals surface area contributed by atoms with Crippen LogP contribution in [0.15, 0.2) is 48.5 Å². The van der Waals surface area contributed by atoms with Crippen molar-refractivity contribution in [2.24, 2.45) is 5.41 Å². The number of barbiturate groups is 1. The molecule has 0 aliphatic carbocycles. The molecule has 2 aromatic rings. The van der Waals surface area contributed by atoms with E-state index in [0.29, 0.717) is 18.1 Å². The molecule has 5 rings (SSSR count). The number of amides is 4. The first-order chi connectivity index (χ1) is 14.4. The van der Waals surface area contributed by atoms with Crippen LogP contribution in [0, 0.1) is 5.41 Å². The molecule has 2 fully saturated rings. The first-order valence-corrected chi connectivity index (χ1v) is 10.3. The molecule has 0 bridgehead atoms. The van der Waals surface area contributed by atoms with E-state index in [2.05, 4.69) is 15.1 Å². The number of piperazine rings is 1. The van der Waals surface area contributed by atoms with E-state index in [4.69, 9.17) is 11.6 Å². The first kappa shape index (κ1) is 18.9. The van der Waals surface area contributed by atoms with Crippen LogP contribution in [0.5, 0.6) is 0 Å². The number of carbonyl (C=O) groups excluding carboxylic acids is 3. The Bertz CT molecular complexity index is 1060. The van der Waals surface area contributed by atoms with Gasteiger partial charge in [0.1, 0.15) is 0 Å². The average Bonchev–Trinajstić information content (AvgIpc) is 2.76. The highest BCUT2D eigenvalue weighted by Crippen LogP contribution is 2.45. The van der Waals surface area contributed by atoms with Gasteiger partial charge in [-0.2, -0.15) is 0 Å². The Morgan fingerprint density at radius 1 is 1.03 bits per heavy atom. The number of fused-ring (bicyclic) bond motifs is 4. The number of imide groups is 2. The fourth-order valence-electron chi connectivity index (χ4n) is 4.97. The summed E-state index contributed by atoms with van der Waals surface area (Å²) in [5, 5.41) is 3.07. The summed E-state index contributed by atoms with van der Waals surface area (Å²) in [6.45, 7) is 1.88. The van der Waals surface area contributed by atoms with E-state index in [1.807, 2.05) is 48.5 Å². The maximum Gasteiger partial charge on any atom is 0.330 e. The second-order valence-electron chi connectivity index (χ2n) is 8.03. The summed E-state index contributed by atoms with van der Waals surface area (Å²) in [5.41, 5.74) is 1.62. The second kappa shape index (κ2) is 6.74. The van der Waals surface area contributed by atoms with E-state index in [1.165, 1.54) is 7.05 Å². The maximum atomic E-state index is 13.5. The monoisotopic (exact) mass is 424 g/mol. The third kappa shape index (κ3) is 2.61.